The summed E-state index contributed by atoms with van der Waals surface area (Å²) < 4.78 is 17.4. The van der Waals surface area contributed by atoms with Crippen molar-refractivity contribution in [2.75, 3.05) is 27.1 Å². The maximum absolute atomic E-state index is 13.3. The van der Waals surface area contributed by atoms with Crippen molar-refractivity contribution in [2.45, 2.75) is 5.16 Å². The van der Waals surface area contributed by atoms with Crippen LogP contribution in [0.1, 0.15) is 5.56 Å². The second-order valence-corrected chi connectivity index (χ2v) is 8.36. The van der Waals surface area contributed by atoms with E-state index in [0.29, 0.717) is 44.6 Å². The molecule has 1 N–H and O–H groups in total. The number of hydrazone groups is 1. The minimum absolute atomic E-state index is 0.00643. The van der Waals surface area contributed by atoms with Crippen LogP contribution in [0.15, 0.2) is 81.8 Å². The van der Waals surface area contributed by atoms with Crippen molar-refractivity contribution in [2.24, 2.45) is 5.10 Å². The van der Waals surface area contributed by atoms with Crippen molar-refractivity contribution in [1.82, 2.24) is 15.0 Å². The third-order valence-electron chi connectivity index (χ3n) is 5.23. The molecule has 0 aliphatic rings. The summed E-state index contributed by atoms with van der Waals surface area (Å²) in [6.07, 6.45) is 1.48. The summed E-state index contributed by atoms with van der Waals surface area (Å²) in [5.41, 5.74) is 4.09. The molecule has 1 aromatic heterocycles. The first-order chi connectivity index (χ1) is 17.5. The number of carbonyl (C=O) groups excluding carboxylic acids is 1. The molecule has 0 radical (unpaired) electrons. The average Bonchev–Trinajstić information content (AvgIpc) is 2.92. The highest BCUT2D eigenvalue weighted by Gasteiger charge is 2.15. The molecule has 1 amide bonds. The van der Waals surface area contributed by atoms with E-state index >= 15 is 0 Å². The van der Waals surface area contributed by atoms with E-state index in [9.17, 15) is 9.59 Å². The Morgan fingerprint density at radius 2 is 1.78 bits per heavy atom. The van der Waals surface area contributed by atoms with Crippen LogP contribution in [-0.4, -0.2) is 48.8 Å². The van der Waals surface area contributed by atoms with Gasteiger partial charge in [-0.15, -0.1) is 0 Å². The Kier molecular flexibility index (Phi) is 7.86. The number of fused-ring (bicyclic) bond motifs is 1. The molecule has 1 heterocycles. The first-order valence-electron chi connectivity index (χ1n) is 10.9. The molecule has 10 heteroatoms. The number of benzene rings is 3. The first-order valence-corrected chi connectivity index (χ1v) is 11.9. The molecule has 4 aromatic rings. The number of nitrogens with one attached hydrogen (secondary N) is 1. The van der Waals surface area contributed by atoms with E-state index in [0.717, 1.165) is 11.8 Å². The van der Waals surface area contributed by atoms with Gasteiger partial charge in [-0.1, -0.05) is 30.0 Å². The largest absolute Gasteiger partial charge is 0.497 e. The average molecular weight is 505 g/mol. The van der Waals surface area contributed by atoms with Gasteiger partial charge in [-0.05, 0) is 48.5 Å². The number of ether oxygens (including phenoxy) is 3. The van der Waals surface area contributed by atoms with Gasteiger partial charge in [0.1, 0.15) is 5.75 Å². The zero-order valence-electron chi connectivity index (χ0n) is 19.9. The van der Waals surface area contributed by atoms with Crippen LogP contribution in [0.5, 0.6) is 17.2 Å². The van der Waals surface area contributed by atoms with Gasteiger partial charge < -0.3 is 14.2 Å². The fourth-order valence-electron chi connectivity index (χ4n) is 3.52. The lowest BCUT2D eigenvalue weighted by atomic mass is 10.2. The van der Waals surface area contributed by atoms with Crippen molar-refractivity contribution in [3.63, 3.8) is 0 Å². The fourth-order valence-corrected chi connectivity index (χ4v) is 4.32. The molecule has 0 bridgehead atoms. The number of nitrogens with zero attached hydrogens (tertiary/aromatic N) is 3. The van der Waals surface area contributed by atoms with Gasteiger partial charge in [0.05, 0.1) is 49.9 Å². The van der Waals surface area contributed by atoms with Crippen molar-refractivity contribution >= 4 is 34.8 Å². The number of thioether (sulfide) groups is 1. The zero-order chi connectivity index (χ0) is 25.5. The highest BCUT2D eigenvalue weighted by atomic mass is 32.2. The number of para-hydroxylation sites is 2. The SMILES string of the molecule is COc1ccc(-n2c(SCC(=O)NN=Cc3cccc(OC)c3OC)nc3ccccc3c2=O)cc1. The molecular formula is C26H24N4O5S. The molecule has 0 atom stereocenters. The van der Waals surface area contributed by atoms with E-state index in [2.05, 4.69) is 15.5 Å². The summed E-state index contributed by atoms with van der Waals surface area (Å²) in [6, 6.07) is 19.5. The molecule has 0 saturated heterocycles. The van der Waals surface area contributed by atoms with E-state index in [4.69, 9.17) is 14.2 Å². The van der Waals surface area contributed by atoms with Gasteiger partial charge in [-0.3, -0.25) is 14.2 Å². The van der Waals surface area contributed by atoms with Gasteiger partial charge in [-0.2, -0.15) is 5.10 Å². The molecule has 0 fully saturated rings. The normalized spacial score (nSPS) is 11.0. The Hall–Kier alpha value is -4.31. The number of amides is 1. The number of rotatable bonds is 9. The number of carbonyl (C=O) groups is 1. The van der Waals surface area contributed by atoms with Gasteiger partial charge in [0, 0.05) is 5.56 Å². The predicted octanol–water partition coefficient (Wildman–Crippen LogP) is 3.65. The molecule has 184 valence electrons. The van der Waals surface area contributed by atoms with Crippen molar-refractivity contribution in [3.8, 4) is 22.9 Å². The summed E-state index contributed by atoms with van der Waals surface area (Å²) in [7, 11) is 4.65. The lowest BCUT2D eigenvalue weighted by Gasteiger charge is -2.13. The molecule has 3 aromatic carbocycles. The summed E-state index contributed by atoms with van der Waals surface area (Å²) >= 11 is 1.14. The van der Waals surface area contributed by atoms with Crippen molar-refractivity contribution in [1.29, 1.82) is 0 Å². The molecule has 36 heavy (non-hydrogen) atoms. The smallest absolute Gasteiger partial charge is 0.266 e. The quantitative estimate of drug-likeness (QED) is 0.161. The molecule has 0 unspecified atom stereocenters. The first kappa shape index (κ1) is 24.8. The lowest BCUT2D eigenvalue weighted by Crippen LogP contribution is -2.24. The number of aromatic nitrogens is 2. The standard InChI is InChI=1S/C26H24N4O5S/c1-33-19-13-11-18(12-14-19)30-25(32)20-8-4-5-9-21(20)28-26(30)36-16-23(31)29-27-15-17-7-6-10-22(34-2)24(17)35-3/h4-15H,16H2,1-3H3,(H,29,31). The Bertz CT molecular complexity index is 1470. The Morgan fingerprint density at radius 1 is 1.00 bits per heavy atom. The van der Waals surface area contributed by atoms with Crippen LogP contribution in [0.4, 0.5) is 0 Å². The number of hydrogen-bond donors (Lipinski definition) is 1. The monoisotopic (exact) mass is 504 g/mol. The van der Waals surface area contributed by atoms with Crippen LogP contribution in [0, 0.1) is 0 Å². The molecule has 0 aliphatic carbocycles. The molecule has 9 nitrogen and oxygen atoms in total. The van der Waals surface area contributed by atoms with Gasteiger partial charge >= 0.3 is 0 Å². The predicted molar refractivity (Wildman–Crippen MR) is 140 cm³/mol. The Morgan fingerprint density at radius 3 is 2.50 bits per heavy atom. The van der Waals surface area contributed by atoms with E-state index in [1.165, 1.54) is 17.9 Å². The summed E-state index contributed by atoms with van der Waals surface area (Å²) in [5.74, 6) is 1.37. The minimum Gasteiger partial charge on any atom is -0.497 e. The van der Waals surface area contributed by atoms with Crippen LogP contribution in [0.3, 0.4) is 0 Å². The Balaban J connectivity index is 1.55. The maximum atomic E-state index is 13.3. The van der Waals surface area contributed by atoms with Crippen LogP contribution in [0.25, 0.3) is 16.6 Å². The molecule has 0 saturated carbocycles. The van der Waals surface area contributed by atoms with E-state index in [1.807, 2.05) is 6.07 Å². The van der Waals surface area contributed by atoms with Gasteiger partial charge in [0.15, 0.2) is 16.7 Å². The second-order valence-electron chi connectivity index (χ2n) is 7.41. The van der Waals surface area contributed by atoms with Crippen LogP contribution in [-0.2, 0) is 4.79 Å². The molecule has 0 spiro atoms. The van der Waals surface area contributed by atoms with Gasteiger partial charge in [0.2, 0.25) is 0 Å². The highest BCUT2D eigenvalue weighted by molar-refractivity contribution is 7.99. The molecule has 4 rings (SSSR count). The number of hydrogen-bond acceptors (Lipinski definition) is 8. The van der Waals surface area contributed by atoms with E-state index < -0.39 is 0 Å². The second kappa shape index (κ2) is 11.4. The molecular weight excluding hydrogens is 480 g/mol. The van der Waals surface area contributed by atoms with Crippen molar-refractivity contribution in [3.05, 3.63) is 82.6 Å². The van der Waals surface area contributed by atoms with Gasteiger partial charge in [-0.25, -0.2) is 10.4 Å². The summed E-state index contributed by atoms with van der Waals surface area (Å²) in [4.78, 5) is 30.5. The Labute approximate surface area is 211 Å². The lowest BCUT2D eigenvalue weighted by molar-refractivity contribution is -0.118. The topological polar surface area (TPSA) is 104 Å². The van der Waals surface area contributed by atoms with Crippen LogP contribution >= 0.6 is 11.8 Å². The minimum atomic E-state index is -0.359. The van der Waals surface area contributed by atoms with Crippen LogP contribution in [0.2, 0.25) is 0 Å². The third kappa shape index (κ3) is 5.33. The highest BCUT2D eigenvalue weighted by Crippen LogP contribution is 2.29. The van der Waals surface area contributed by atoms with Crippen LogP contribution < -0.4 is 25.2 Å². The fraction of sp³-hybridized carbons (Fsp3) is 0.154. The van der Waals surface area contributed by atoms with Gasteiger partial charge in [0.25, 0.3) is 11.5 Å². The number of methoxy groups -OCH3 is 3. The summed E-state index contributed by atoms with van der Waals surface area (Å²) in [5, 5.41) is 4.90. The maximum Gasteiger partial charge on any atom is 0.266 e. The third-order valence-corrected chi connectivity index (χ3v) is 6.17. The van der Waals surface area contributed by atoms with E-state index in [1.54, 1.807) is 74.9 Å². The van der Waals surface area contributed by atoms with E-state index in [-0.39, 0.29) is 17.2 Å². The molecule has 0 aliphatic heterocycles. The zero-order valence-corrected chi connectivity index (χ0v) is 20.7. The van der Waals surface area contributed by atoms with Crippen molar-refractivity contribution < 1.29 is 19.0 Å². The summed E-state index contributed by atoms with van der Waals surface area (Å²) in [6.45, 7) is 0.